The Bertz CT molecular complexity index is 1080. The molecular formula is C25H26N2O. The van der Waals surface area contributed by atoms with Crippen LogP contribution in [0.25, 0.3) is 10.8 Å². The van der Waals surface area contributed by atoms with E-state index in [1.165, 1.54) is 16.6 Å². The highest BCUT2D eigenvalue weighted by atomic mass is 16.5. The lowest BCUT2D eigenvalue weighted by atomic mass is 9.77. The fourth-order valence-corrected chi connectivity index (χ4v) is 4.76. The summed E-state index contributed by atoms with van der Waals surface area (Å²) in [6.07, 6.45) is 4.32. The van der Waals surface area contributed by atoms with Crippen LogP contribution in [0.3, 0.4) is 0 Å². The van der Waals surface area contributed by atoms with E-state index >= 15 is 0 Å². The fraction of sp³-hybridized carbons (Fsp3) is 0.320. The molecule has 2 aliphatic rings. The number of aliphatic imine (C=N–C) groups is 1. The molecule has 3 aromatic rings. The van der Waals surface area contributed by atoms with Crippen LogP contribution in [0.5, 0.6) is 5.75 Å². The lowest BCUT2D eigenvalue weighted by Gasteiger charge is -2.46. The van der Waals surface area contributed by atoms with Crippen molar-refractivity contribution < 1.29 is 4.74 Å². The van der Waals surface area contributed by atoms with Crippen LogP contribution in [0.4, 0.5) is 11.4 Å². The molecule has 0 fully saturated rings. The molecule has 0 radical (unpaired) electrons. The first-order chi connectivity index (χ1) is 13.6. The quantitative estimate of drug-likeness (QED) is 0.546. The second kappa shape index (κ2) is 6.10. The predicted molar refractivity (Wildman–Crippen MR) is 117 cm³/mol. The minimum Gasteiger partial charge on any atom is -0.459 e. The van der Waals surface area contributed by atoms with Gasteiger partial charge in [-0.1, -0.05) is 61.9 Å². The lowest BCUT2D eigenvalue weighted by Crippen LogP contribution is -2.62. The van der Waals surface area contributed by atoms with E-state index in [2.05, 4.69) is 92.5 Å². The molecule has 0 saturated carbocycles. The van der Waals surface area contributed by atoms with Gasteiger partial charge in [-0.2, -0.15) is 0 Å². The maximum atomic E-state index is 6.87. The lowest BCUT2D eigenvalue weighted by molar-refractivity contribution is 0.0775. The highest BCUT2D eigenvalue weighted by Gasteiger charge is 2.59. The van der Waals surface area contributed by atoms with Crippen molar-refractivity contribution in [3.8, 4) is 5.75 Å². The first-order valence-corrected chi connectivity index (χ1v) is 10.2. The number of rotatable bonds is 3. The smallest absolute Gasteiger partial charge is 0.228 e. The highest BCUT2D eigenvalue weighted by molar-refractivity contribution is 5.99. The van der Waals surface area contributed by atoms with Crippen LogP contribution in [0.2, 0.25) is 0 Å². The summed E-state index contributed by atoms with van der Waals surface area (Å²) in [5.41, 5.74) is 2.69. The van der Waals surface area contributed by atoms with Crippen LogP contribution in [-0.2, 0) is 5.41 Å². The Hall–Kier alpha value is -2.81. The monoisotopic (exact) mass is 370 g/mol. The van der Waals surface area contributed by atoms with E-state index in [0.717, 1.165) is 36.2 Å². The van der Waals surface area contributed by atoms with Crippen molar-refractivity contribution in [2.45, 2.75) is 44.8 Å². The first kappa shape index (κ1) is 17.3. The zero-order chi connectivity index (χ0) is 19.4. The molecule has 142 valence electrons. The van der Waals surface area contributed by atoms with Crippen LogP contribution >= 0.6 is 0 Å². The Labute approximate surface area is 166 Å². The van der Waals surface area contributed by atoms with Gasteiger partial charge in [-0.25, -0.2) is 0 Å². The van der Waals surface area contributed by atoms with Crippen molar-refractivity contribution in [3.05, 3.63) is 66.2 Å². The van der Waals surface area contributed by atoms with Gasteiger partial charge in [-0.15, -0.1) is 0 Å². The molecule has 1 atom stereocenters. The fourth-order valence-electron chi connectivity index (χ4n) is 4.76. The van der Waals surface area contributed by atoms with Crippen LogP contribution in [0, 0.1) is 0 Å². The molecule has 0 saturated heterocycles. The van der Waals surface area contributed by atoms with E-state index in [-0.39, 0.29) is 5.41 Å². The number of hydrogen-bond acceptors (Lipinski definition) is 3. The van der Waals surface area contributed by atoms with Gasteiger partial charge in [-0.05, 0) is 43.4 Å². The zero-order valence-corrected chi connectivity index (χ0v) is 16.8. The summed E-state index contributed by atoms with van der Waals surface area (Å²) in [6.45, 7) is 7.73. The molecule has 0 bridgehead atoms. The molecule has 0 aliphatic carbocycles. The Morgan fingerprint density at radius 1 is 0.964 bits per heavy atom. The third-order valence-electron chi connectivity index (χ3n) is 6.40. The predicted octanol–water partition coefficient (Wildman–Crippen LogP) is 6.23. The average Bonchev–Trinajstić information content (AvgIpc) is 2.90. The maximum absolute atomic E-state index is 6.87. The zero-order valence-electron chi connectivity index (χ0n) is 16.8. The average molecular weight is 370 g/mol. The molecule has 3 nitrogen and oxygen atoms in total. The number of ether oxygens (including phenoxy) is 1. The SMILES string of the molecule is CCCCN1c2ccccc2C(C)(C)C12C=Nc1c(ccc3ccccc13)O2. The summed E-state index contributed by atoms with van der Waals surface area (Å²) >= 11 is 0. The van der Waals surface area contributed by atoms with Crippen molar-refractivity contribution in [2.24, 2.45) is 4.99 Å². The minimum absolute atomic E-state index is 0.218. The van der Waals surface area contributed by atoms with Crippen molar-refractivity contribution >= 4 is 28.4 Å². The third kappa shape index (κ3) is 2.19. The number of fused-ring (bicyclic) bond motifs is 4. The normalized spacial score (nSPS) is 21.6. The molecule has 1 unspecified atom stereocenters. The van der Waals surface area contributed by atoms with Crippen molar-refractivity contribution in [2.75, 3.05) is 11.4 Å². The summed E-state index contributed by atoms with van der Waals surface area (Å²) in [5, 5.41) is 2.33. The Morgan fingerprint density at radius 3 is 2.61 bits per heavy atom. The number of anilines is 1. The van der Waals surface area contributed by atoms with E-state index in [4.69, 9.17) is 9.73 Å². The van der Waals surface area contributed by atoms with Gasteiger partial charge < -0.3 is 9.64 Å². The van der Waals surface area contributed by atoms with Gasteiger partial charge in [0.2, 0.25) is 5.72 Å². The molecule has 1 spiro atoms. The standard InChI is InChI=1S/C25H26N2O/c1-4-5-16-27-21-13-9-8-12-20(21)24(2,3)25(27)17-26-23-19-11-7-6-10-18(19)14-15-22(23)28-25/h6-15,17H,4-5,16H2,1-3H3. The number of unbranched alkanes of at least 4 members (excludes halogenated alkanes) is 1. The molecule has 5 rings (SSSR count). The van der Waals surface area contributed by atoms with E-state index in [1.807, 2.05) is 0 Å². The van der Waals surface area contributed by atoms with E-state index in [0.29, 0.717) is 0 Å². The summed E-state index contributed by atoms with van der Waals surface area (Å²) < 4.78 is 6.87. The van der Waals surface area contributed by atoms with Crippen LogP contribution in [-0.4, -0.2) is 18.5 Å². The summed E-state index contributed by atoms with van der Waals surface area (Å²) in [5.74, 6) is 0.864. The number of nitrogens with zero attached hydrogens (tertiary/aromatic N) is 2. The molecule has 3 aromatic carbocycles. The van der Waals surface area contributed by atoms with E-state index < -0.39 is 5.72 Å². The summed E-state index contributed by atoms with van der Waals surface area (Å²) in [6, 6.07) is 21.3. The third-order valence-corrected chi connectivity index (χ3v) is 6.40. The van der Waals surface area contributed by atoms with Crippen LogP contribution < -0.4 is 9.64 Å². The molecule has 28 heavy (non-hydrogen) atoms. The first-order valence-electron chi connectivity index (χ1n) is 10.2. The topological polar surface area (TPSA) is 24.8 Å². The minimum atomic E-state index is -0.610. The van der Waals surface area contributed by atoms with Gasteiger partial charge in [0.25, 0.3) is 0 Å². The molecule has 0 aromatic heterocycles. The Balaban J connectivity index is 1.69. The van der Waals surface area contributed by atoms with Gasteiger partial charge in [0.05, 0.1) is 11.6 Å². The second-order valence-corrected chi connectivity index (χ2v) is 8.34. The second-order valence-electron chi connectivity index (χ2n) is 8.34. The van der Waals surface area contributed by atoms with Gasteiger partial charge in [-0.3, -0.25) is 4.99 Å². The highest BCUT2D eigenvalue weighted by Crippen LogP contribution is 2.54. The molecule has 3 heteroatoms. The summed E-state index contributed by atoms with van der Waals surface area (Å²) in [4.78, 5) is 7.43. The Morgan fingerprint density at radius 2 is 1.75 bits per heavy atom. The van der Waals surface area contributed by atoms with Crippen molar-refractivity contribution in [1.29, 1.82) is 0 Å². The van der Waals surface area contributed by atoms with E-state index in [1.54, 1.807) is 0 Å². The van der Waals surface area contributed by atoms with Gasteiger partial charge in [0.1, 0.15) is 11.4 Å². The molecule has 2 aliphatic heterocycles. The Kier molecular flexibility index (Phi) is 3.77. The molecule has 0 amide bonds. The number of hydrogen-bond donors (Lipinski definition) is 0. The van der Waals surface area contributed by atoms with Crippen LogP contribution in [0.1, 0.15) is 39.2 Å². The largest absolute Gasteiger partial charge is 0.459 e. The van der Waals surface area contributed by atoms with E-state index in [9.17, 15) is 0 Å². The van der Waals surface area contributed by atoms with Crippen molar-refractivity contribution in [1.82, 2.24) is 0 Å². The molecular weight excluding hydrogens is 344 g/mol. The summed E-state index contributed by atoms with van der Waals surface area (Å²) in [7, 11) is 0. The van der Waals surface area contributed by atoms with Crippen molar-refractivity contribution in [3.63, 3.8) is 0 Å². The van der Waals surface area contributed by atoms with Gasteiger partial charge >= 0.3 is 0 Å². The number of para-hydroxylation sites is 1. The molecule has 0 N–H and O–H groups in total. The maximum Gasteiger partial charge on any atom is 0.228 e. The number of benzene rings is 3. The van der Waals surface area contributed by atoms with Gasteiger partial charge in [0, 0.05) is 17.6 Å². The van der Waals surface area contributed by atoms with Gasteiger partial charge in [0.15, 0.2) is 0 Å². The molecule has 2 heterocycles. The van der Waals surface area contributed by atoms with Crippen LogP contribution in [0.15, 0.2) is 65.7 Å².